The number of aryl methyl sites for hydroxylation is 1. The topological polar surface area (TPSA) is 58.1 Å². The molecule has 0 aliphatic carbocycles. The van der Waals surface area contributed by atoms with E-state index in [2.05, 4.69) is 38.9 Å². The lowest BCUT2D eigenvalue weighted by Crippen LogP contribution is -2.29. The molecule has 1 amide bonds. The van der Waals surface area contributed by atoms with E-state index in [-0.39, 0.29) is 5.91 Å². The van der Waals surface area contributed by atoms with Crippen LogP contribution in [0.2, 0.25) is 0 Å². The van der Waals surface area contributed by atoms with Crippen LogP contribution in [0.4, 0.5) is 10.7 Å². The minimum absolute atomic E-state index is 0.166. The Morgan fingerprint density at radius 1 is 1.00 bits per heavy atom. The zero-order valence-corrected chi connectivity index (χ0v) is 18.3. The predicted molar refractivity (Wildman–Crippen MR) is 128 cm³/mol. The summed E-state index contributed by atoms with van der Waals surface area (Å²) in [4.78, 5) is 20.3. The van der Waals surface area contributed by atoms with Gasteiger partial charge < -0.3 is 10.2 Å². The maximum absolute atomic E-state index is 13.0. The summed E-state index contributed by atoms with van der Waals surface area (Å²) >= 11 is 1.29. The summed E-state index contributed by atoms with van der Waals surface area (Å²) in [5.41, 5.74) is 5.36. The van der Waals surface area contributed by atoms with Gasteiger partial charge in [-0.2, -0.15) is 4.37 Å². The summed E-state index contributed by atoms with van der Waals surface area (Å²) in [6.45, 7) is 4.13. The first-order valence-electron chi connectivity index (χ1n) is 10.7. The molecular formula is C25H24N4OS. The molecule has 3 heterocycles. The van der Waals surface area contributed by atoms with E-state index in [0.29, 0.717) is 11.1 Å². The molecule has 6 heteroatoms. The lowest BCUT2D eigenvalue weighted by atomic mass is 10.0. The van der Waals surface area contributed by atoms with Crippen molar-refractivity contribution in [2.24, 2.45) is 0 Å². The van der Waals surface area contributed by atoms with Crippen LogP contribution in [0.1, 0.15) is 35.3 Å². The molecule has 1 aliphatic rings. The van der Waals surface area contributed by atoms with E-state index < -0.39 is 0 Å². The van der Waals surface area contributed by atoms with Crippen LogP contribution in [0, 0.1) is 6.92 Å². The van der Waals surface area contributed by atoms with Crippen LogP contribution in [0.15, 0.2) is 60.7 Å². The van der Waals surface area contributed by atoms with Gasteiger partial charge in [-0.05, 0) is 68.1 Å². The molecule has 0 unspecified atom stereocenters. The smallest absolute Gasteiger partial charge is 0.258 e. The molecule has 31 heavy (non-hydrogen) atoms. The number of fused-ring (bicyclic) bond motifs is 1. The number of nitrogens with zero attached hydrogens (tertiary/aromatic N) is 3. The Labute approximate surface area is 185 Å². The summed E-state index contributed by atoms with van der Waals surface area (Å²) in [5, 5.41) is 4.64. The Hall–Kier alpha value is -3.25. The molecule has 0 spiro atoms. The molecule has 4 aromatic rings. The lowest BCUT2D eigenvalue weighted by molar-refractivity contribution is 0.102. The number of piperidine rings is 1. The molecule has 2 aromatic carbocycles. The zero-order chi connectivity index (χ0) is 21.2. The maximum atomic E-state index is 13.0. The normalized spacial score (nSPS) is 14.0. The van der Waals surface area contributed by atoms with Crippen LogP contribution in [0.25, 0.3) is 22.2 Å². The Morgan fingerprint density at radius 2 is 1.84 bits per heavy atom. The molecule has 1 saturated heterocycles. The highest BCUT2D eigenvalue weighted by Crippen LogP contribution is 2.28. The molecule has 5 nitrogen and oxygen atoms in total. The predicted octanol–water partition coefficient (Wildman–Crippen LogP) is 5.91. The second-order valence-electron chi connectivity index (χ2n) is 7.96. The number of anilines is 2. The van der Waals surface area contributed by atoms with Crippen molar-refractivity contribution < 1.29 is 4.79 Å². The van der Waals surface area contributed by atoms with Crippen molar-refractivity contribution in [3.05, 3.63) is 71.9 Å². The van der Waals surface area contributed by atoms with Crippen LogP contribution in [-0.4, -0.2) is 28.4 Å². The van der Waals surface area contributed by atoms with Crippen LogP contribution >= 0.6 is 11.5 Å². The van der Waals surface area contributed by atoms with Crippen molar-refractivity contribution in [1.82, 2.24) is 9.36 Å². The largest absolute Gasteiger partial charge is 0.372 e. The number of amides is 1. The first kappa shape index (κ1) is 19.7. The van der Waals surface area contributed by atoms with Gasteiger partial charge in [0.1, 0.15) is 5.00 Å². The van der Waals surface area contributed by atoms with Gasteiger partial charge in [-0.15, -0.1) is 0 Å². The van der Waals surface area contributed by atoms with E-state index in [4.69, 9.17) is 4.98 Å². The fraction of sp³-hybridized carbons (Fsp3) is 0.240. The van der Waals surface area contributed by atoms with Crippen LogP contribution in [0.3, 0.4) is 0 Å². The summed E-state index contributed by atoms with van der Waals surface area (Å²) < 4.78 is 4.23. The lowest BCUT2D eigenvalue weighted by Gasteiger charge is -2.29. The fourth-order valence-electron chi connectivity index (χ4n) is 4.11. The van der Waals surface area contributed by atoms with Crippen molar-refractivity contribution in [1.29, 1.82) is 0 Å². The fourth-order valence-corrected chi connectivity index (χ4v) is 4.76. The molecule has 1 aliphatic heterocycles. The Balaban J connectivity index is 1.49. The second-order valence-corrected chi connectivity index (χ2v) is 8.76. The number of hydrogen-bond acceptors (Lipinski definition) is 5. The monoisotopic (exact) mass is 428 g/mol. The Kier molecular flexibility index (Phi) is 5.38. The van der Waals surface area contributed by atoms with E-state index in [1.807, 2.05) is 43.3 Å². The standard InChI is InChI=1S/C25H24N4OS/c1-17-15-23(31-28-17)27-25(30)21-10-6-7-18-11-12-22(26-24(18)21)19-8-5-9-20(16-19)29-13-3-2-4-14-29/h5-12,15-16H,2-4,13-14H2,1H3,(H,27,30). The highest BCUT2D eigenvalue weighted by Gasteiger charge is 2.15. The van der Waals surface area contributed by atoms with Crippen LogP contribution < -0.4 is 10.2 Å². The molecule has 1 fully saturated rings. The molecule has 5 rings (SSSR count). The minimum Gasteiger partial charge on any atom is -0.372 e. The first-order chi connectivity index (χ1) is 15.2. The van der Waals surface area contributed by atoms with Crippen molar-refractivity contribution in [2.75, 3.05) is 23.3 Å². The van der Waals surface area contributed by atoms with E-state index in [9.17, 15) is 4.79 Å². The zero-order valence-electron chi connectivity index (χ0n) is 17.5. The number of pyridine rings is 1. The highest BCUT2D eigenvalue weighted by molar-refractivity contribution is 7.10. The molecule has 0 atom stereocenters. The van der Waals surface area contributed by atoms with E-state index in [1.165, 1.54) is 36.5 Å². The molecule has 0 saturated carbocycles. The molecule has 2 aromatic heterocycles. The van der Waals surface area contributed by atoms with Gasteiger partial charge in [0.2, 0.25) is 0 Å². The summed E-state index contributed by atoms with van der Waals surface area (Å²) in [5.74, 6) is -0.166. The Bertz CT molecular complexity index is 1240. The van der Waals surface area contributed by atoms with Crippen LogP contribution in [0.5, 0.6) is 0 Å². The second kappa shape index (κ2) is 8.47. The third kappa shape index (κ3) is 4.16. The number of rotatable bonds is 4. The van der Waals surface area contributed by atoms with Gasteiger partial charge >= 0.3 is 0 Å². The van der Waals surface area contributed by atoms with Crippen molar-refractivity contribution in [2.45, 2.75) is 26.2 Å². The van der Waals surface area contributed by atoms with Gasteiger partial charge in [-0.25, -0.2) is 4.98 Å². The molecular weight excluding hydrogens is 404 g/mol. The van der Waals surface area contributed by atoms with Gasteiger partial charge in [0.15, 0.2) is 0 Å². The number of para-hydroxylation sites is 1. The van der Waals surface area contributed by atoms with Gasteiger partial charge in [0, 0.05) is 29.7 Å². The summed E-state index contributed by atoms with van der Waals surface area (Å²) in [6.07, 6.45) is 3.81. The molecule has 0 bridgehead atoms. The summed E-state index contributed by atoms with van der Waals surface area (Å²) in [6, 6.07) is 20.2. The van der Waals surface area contributed by atoms with Gasteiger partial charge in [-0.3, -0.25) is 4.79 Å². The summed E-state index contributed by atoms with van der Waals surface area (Å²) in [7, 11) is 0. The third-order valence-electron chi connectivity index (χ3n) is 5.69. The van der Waals surface area contributed by atoms with Crippen molar-refractivity contribution >= 4 is 39.0 Å². The highest BCUT2D eigenvalue weighted by atomic mass is 32.1. The Morgan fingerprint density at radius 3 is 2.65 bits per heavy atom. The number of benzene rings is 2. The van der Waals surface area contributed by atoms with Crippen molar-refractivity contribution in [3.8, 4) is 11.3 Å². The van der Waals surface area contributed by atoms with Gasteiger partial charge in [-0.1, -0.05) is 30.3 Å². The number of aromatic nitrogens is 2. The minimum atomic E-state index is -0.166. The number of carbonyl (C=O) groups is 1. The third-order valence-corrected chi connectivity index (χ3v) is 6.49. The van der Waals surface area contributed by atoms with E-state index in [1.54, 1.807) is 0 Å². The maximum Gasteiger partial charge on any atom is 0.258 e. The van der Waals surface area contributed by atoms with Crippen molar-refractivity contribution in [3.63, 3.8) is 0 Å². The molecule has 0 radical (unpaired) electrons. The van der Waals surface area contributed by atoms with E-state index >= 15 is 0 Å². The first-order valence-corrected chi connectivity index (χ1v) is 11.4. The average Bonchev–Trinajstić information content (AvgIpc) is 3.23. The van der Waals surface area contributed by atoms with Gasteiger partial charge in [0.25, 0.3) is 5.91 Å². The number of hydrogen-bond donors (Lipinski definition) is 1. The molecule has 156 valence electrons. The number of carbonyl (C=O) groups excluding carboxylic acids is 1. The molecule has 1 N–H and O–H groups in total. The SMILES string of the molecule is Cc1cc(NC(=O)c2cccc3ccc(-c4cccc(N5CCCCC5)c4)nc23)sn1. The van der Waals surface area contributed by atoms with Gasteiger partial charge in [0.05, 0.1) is 22.5 Å². The number of nitrogens with one attached hydrogen (secondary N) is 1. The van der Waals surface area contributed by atoms with E-state index in [0.717, 1.165) is 40.4 Å². The average molecular weight is 429 g/mol. The van der Waals surface area contributed by atoms with Crippen LogP contribution in [-0.2, 0) is 0 Å². The quantitative estimate of drug-likeness (QED) is 0.439.